The van der Waals surface area contributed by atoms with Crippen LogP contribution in [0.4, 0.5) is 13.2 Å². The Morgan fingerprint density at radius 2 is 2.06 bits per heavy atom. The lowest BCUT2D eigenvalue weighted by atomic mass is 10.2. The Hall–Kier alpha value is -1.04. The number of aromatic nitrogens is 2. The molecule has 1 rings (SSSR count). The Labute approximate surface area is 92.4 Å². The van der Waals surface area contributed by atoms with E-state index in [1.807, 2.05) is 13.8 Å². The van der Waals surface area contributed by atoms with Crippen LogP contribution in [0.3, 0.4) is 0 Å². The Balaban J connectivity index is 3.00. The molecule has 16 heavy (non-hydrogen) atoms. The summed E-state index contributed by atoms with van der Waals surface area (Å²) in [7, 11) is 0. The van der Waals surface area contributed by atoms with Gasteiger partial charge in [-0.3, -0.25) is 4.68 Å². The van der Waals surface area contributed by atoms with Gasteiger partial charge < -0.3 is 5.73 Å². The third-order valence-corrected chi connectivity index (χ3v) is 2.09. The van der Waals surface area contributed by atoms with Gasteiger partial charge in [0, 0.05) is 18.7 Å². The molecular formula is C10H16F3N3. The molecule has 3 nitrogen and oxygen atoms in total. The summed E-state index contributed by atoms with van der Waals surface area (Å²) in [6.45, 7) is 4.66. The zero-order chi connectivity index (χ0) is 12.3. The summed E-state index contributed by atoms with van der Waals surface area (Å²) in [4.78, 5) is 0. The standard InChI is InChI=1S/C10H16F3N3/c1-7(2)6-16-8(3-4-14)5-9(15-16)10(11,12)13/h5,7H,3-4,6,14H2,1-2H3. The molecule has 0 saturated carbocycles. The third-order valence-electron chi connectivity index (χ3n) is 2.09. The molecule has 92 valence electrons. The monoisotopic (exact) mass is 235 g/mol. The van der Waals surface area contributed by atoms with Crippen molar-refractivity contribution in [1.29, 1.82) is 0 Å². The van der Waals surface area contributed by atoms with Gasteiger partial charge in [-0.15, -0.1) is 0 Å². The molecule has 0 aliphatic rings. The minimum absolute atomic E-state index is 0.248. The number of rotatable bonds is 4. The van der Waals surface area contributed by atoms with Crippen LogP contribution in [-0.4, -0.2) is 16.3 Å². The normalized spacial score (nSPS) is 12.4. The fourth-order valence-corrected chi connectivity index (χ4v) is 1.45. The van der Waals surface area contributed by atoms with E-state index in [4.69, 9.17) is 5.73 Å². The second-order valence-electron chi connectivity index (χ2n) is 4.13. The van der Waals surface area contributed by atoms with Crippen LogP contribution >= 0.6 is 0 Å². The highest BCUT2D eigenvalue weighted by Gasteiger charge is 2.34. The van der Waals surface area contributed by atoms with Crippen LogP contribution < -0.4 is 5.73 Å². The maximum absolute atomic E-state index is 12.5. The van der Waals surface area contributed by atoms with E-state index in [9.17, 15) is 13.2 Å². The van der Waals surface area contributed by atoms with Crippen LogP contribution in [0.15, 0.2) is 6.07 Å². The Morgan fingerprint density at radius 1 is 1.44 bits per heavy atom. The summed E-state index contributed by atoms with van der Waals surface area (Å²) in [6, 6.07) is 1.08. The average Bonchev–Trinajstić information content (AvgIpc) is 2.47. The fourth-order valence-electron chi connectivity index (χ4n) is 1.45. The van der Waals surface area contributed by atoms with Gasteiger partial charge in [-0.1, -0.05) is 13.8 Å². The van der Waals surface area contributed by atoms with Gasteiger partial charge in [0.15, 0.2) is 5.69 Å². The molecule has 2 N–H and O–H groups in total. The summed E-state index contributed by atoms with van der Waals surface area (Å²) in [5.41, 5.74) is 5.06. The van der Waals surface area contributed by atoms with Crippen molar-refractivity contribution >= 4 is 0 Å². The van der Waals surface area contributed by atoms with Crippen LogP contribution in [0, 0.1) is 5.92 Å². The van der Waals surface area contributed by atoms with Crippen molar-refractivity contribution in [2.45, 2.75) is 33.0 Å². The van der Waals surface area contributed by atoms with Crippen molar-refractivity contribution < 1.29 is 13.2 Å². The van der Waals surface area contributed by atoms with Crippen molar-refractivity contribution in [1.82, 2.24) is 9.78 Å². The van der Waals surface area contributed by atoms with E-state index in [0.717, 1.165) is 6.07 Å². The van der Waals surface area contributed by atoms with E-state index in [0.29, 0.717) is 25.2 Å². The van der Waals surface area contributed by atoms with E-state index in [2.05, 4.69) is 5.10 Å². The molecule has 1 aromatic heterocycles. The topological polar surface area (TPSA) is 43.8 Å². The zero-order valence-electron chi connectivity index (χ0n) is 9.38. The highest BCUT2D eigenvalue weighted by molar-refractivity contribution is 5.13. The van der Waals surface area contributed by atoms with Crippen molar-refractivity contribution in [2.24, 2.45) is 11.7 Å². The van der Waals surface area contributed by atoms with Gasteiger partial charge in [0.25, 0.3) is 0 Å². The summed E-state index contributed by atoms with van der Waals surface area (Å²) < 4.78 is 38.8. The summed E-state index contributed by atoms with van der Waals surface area (Å²) in [6.07, 6.45) is -3.97. The van der Waals surface area contributed by atoms with Crippen LogP contribution in [0.1, 0.15) is 25.2 Å². The molecule has 0 unspecified atom stereocenters. The van der Waals surface area contributed by atoms with Crippen molar-refractivity contribution in [3.63, 3.8) is 0 Å². The molecule has 0 fully saturated rings. The molecule has 0 atom stereocenters. The van der Waals surface area contributed by atoms with E-state index in [1.165, 1.54) is 4.68 Å². The van der Waals surface area contributed by atoms with E-state index in [-0.39, 0.29) is 5.92 Å². The first-order chi connectivity index (χ1) is 7.34. The first kappa shape index (κ1) is 13.0. The lowest BCUT2D eigenvalue weighted by Gasteiger charge is -2.08. The Kier molecular flexibility index (Phi) is 3.96. The van der Waals surface area contributed by atoms with Gasteiger partial charge in [0.05, 0.1) is 0 Å². The van der Waals surface area contributed by atoms with Crippen LogP contribution in [0.5, 0.6) is 0 Å². The molecule has 0 saturated heterocycles. The first-order valence-electron chi connectivity index (χ1n) is 5.18. The highest BCUT2D eigenvalue weighted by Crippen LogP contribution is 2.28. The van der Waals surface area contributed by atoms with Crippen molar-refractivity contribution in [3.05, 3.63) is 17.5 Å². The average molecular weight is 235 g/mol. The molecule has 1 heterocycles. The second-order valence-corrected chi connectivity index (χ2v) is 4.13. The smallest absolute Gasteiger partial charge is 0.330 e. The highest BCUT2D eigenvalue weighted by atomic mass is 19.4. The molecule has 0 spiro atoms. The summed E-state index contributed by atoms with van der Waals surface area (Å²) in [5, 5.41) is 3.58. The number of alkyl halides is 3. The minimum Gasteiger partial charge on any atom is -0.330 e. The first-order valence-corrected chi connectivity index (χ1v) is 5.18. The zero-order valence-corrected chi connectivity index (χ0v) is 9.38. The van der Waals surface area contributed by atoms with E-state index < -0.39 is 11.9 Å². The van der Waals surface area contributed by atoms with E-state index >= 15 is 0 Å². The van der Waals surface area contributed by atoms with Gasteiger partial charge in [0.2, 0.25) is 0 Å². The lowest BCUT2D eigenvalue weighted by Crippen LogP contribution is -2.14. The maximum Gasteiger partial charge on any atom is 0.435 e. The van der Waals surface area contributed by atoms with Crippen LogP contribution in [-0.2, 0) is 19.1 Å². The third kappa shape index (κ3) is 3.23. The minimum atomic E-state index is -4.38. The van der Waals surface area contributed by atoms with Gasteiger partial charge >= 0.3 is 6.18 Å². The number of halogens is 3. The summed E-state index contributed by atoms with van der Waals surface area (Å²) >= 11 is 0. The predicted molar refractivity (Wildman–Crippen MR) is 54.8 cm³/mol. The number of nitrogens with zero attached hydrogens (tertiary/aromatic N) is 2. The lowest BCUT2D eigenvalue weighted by molar-refractivity contribution is -0.141. The van der Waals surface area contributed by atoms with Crippen molar-refractivity contribution in [2.75, 3.05) is 6.54 Å². The van der Waals surface area contributed by atoms with Gasteiger partial charge in [-0.05, 0) is 18.5 Å². The van der Waals surface area contributed by atoms with Crippen molar-refractivity contribution in [3.8, 4) is 0 Å². The van der Waals surface area contributed by atoms with Gasteiger partial charge in [0.1, 0.15) is 0 Å². The summed E-state index contributed by atoms with van der Waals surface area (Å²) in [5.74, 6) is 0.248. The second kappa shape index (κ2) is 4.86. The van der Waals surface area contributed by atoms with Crippen LogP contribution in [0.2, 0.25) is 0 Å². The predicted octanol–water partition coefficient (Wildman–Crippen LogP) is 2.06. The van der Waals surface area contributed by atoms with Crippen LogP contribution in [0.25, 0.3) is 0 Å². The van der Waals surface area contributed by atoms with Gasteiger partial charge in [-0.2, -0.15) is 18.3 Å². The molecule has 1 aromatic rings. The largest absolute Gasteiger partial charge is 0.435 e. The quantitative estimate of drug-likeness (QED) is 0.868. The molecule has 0 bridgehead atoms. The molecule has 0 aliphatic heterocycles. The SMILES string of the molecule is CC(C)Cn1nc(C(F)(F)F)cc1CCN. The fraction of sp³-hybridized carbons (Fsp3) is 0.700. The van der Waals surface area contributed by atoms with E-state index in [1.54, 1.807) is 0 Å². The van der Waals surface area contributed by atoms with Gasteiger partial charge in [-0.25, -0.2) is 0 Å². The molecular weight excluding hydrogens is 219 g/mol. The number of hydrogen-bond acceptors (Lipinski definition) is 2. The molecule has 0 aromatic carbocycles. The molecule has 0 radical (unpaired) electrons. The molecule has 0 amide bonds. The molecule has 0 aliphatic carbocycles. The molecule has 6 heteroatoms. The Bertz CT molecular complexity index is 342. The Morgan fingerprint density at radius 3 is 2.50 bits per heavy atom. The maximum atomic E-state index is 12.5. The number of hydrogen-bond donors (Lipinski definition) is 1. The number of nitrogens with two attached hydrogens (primary N) is 1.